The second-order valence-corrected chi connectivity index (χ2v) is 6.15. The summed E-state index contributed by atoms with van der Waals surface area (Å²) in [5, 5.41) is 5.23. The Balaban J connectivity index is 1.89. The lowest BCUT2D eigenvalue weighted by Crippen LogP contribution is -2.16. The lowest BCUT2D eigenvalue weighted by atomic mass is 10.1. The fraction of sp³-hybridized carbons (Fsp3) is 0.0909. The van der Waals surface area contributed by atoms with Crippen LogP contribution in [0.25, 0.3) is 0 Å². The number of hydrogen-bond acceptors (Lipinski definition) is 4. The summed E-state index contributed by atoms with van der Waals surface area (Å²) >= 11 is 0. The van der Waals surface area contributed by atoms with Gasteiger partial charge >= 0.3 is 0 Å². The summed E-state index contributed by atoms with van der Waals surface area (Å²) in [4.78, 5) is 24.9. The third kappa shape index (κ3) is 4.54. The average Bonchev–Trinajstić information content (AvgIpc) is 2.74. The maximum Gasteiger partial charge on any atom is 0.258 e. The van der Waals surface area contributed by atoms with Gasteiger partial charge in [-0.2, -0.15) is 0 Å². The van der Waals surface area contributed by atoms with Crippen LogP contribution in [0, 0.1) is 11.6 Å². The van der Waals surface area contributed by atoms with Gasteiger partial charge in [-0.1, -0.05) is 18.2 Å². The molecule has 0 aliphatic rings. The first-order valence-electron chi connectivity index (χ1n) is 8.81. The van der Waals surface area contributed by atoms with E-state index in [0.29, 0.717) is 17.3 Å². The van der Waals surface area contributed by atoms with Gasteiger partial charge in [-0.3, -0.25) is 9.59 Å². The molecule has 0 heterocycles. The fourth-order valence-electron chi connectivity index (χ4n) is 2.74. The number of ether oxygens (including phenoxy) is 2. The van der Waals surface area contributed by atoms with E-state index in [2.05, 4.69) is 10.6 Å². The molecule has 30 heavy (non-hydrogen) atoms. The van der Waals surface area contributed by atoms with Crippen LogP contribution in [-0.2, 0) is 0 Å². The Morgan fingerprint density at radius 1 is 0.767 bits per heavy atom. The van der Waals surface area contributed by atoms with Gasteiger partial charge in [-0.25, -0.2) is 8.78 Å². The molecule has 3 rings (SSSR count). The van der Waals surface area contributed by atoms with Gasteiger partial charge in [-0.05, 0) is 24.3 Å². The van der Waals surface area contributed by atoms with Gasteiger partial charge < -0.3 is 20.1 Å². The van der Waals surface area contributed by atoms with Crippen LogP contribution in [-0.4, -0.2) is 26.0 Å². The maximum atomic E-state index is 13.9. The van der Waals surface area contributed by atoms with Crippen molar-refractivity contribution in [2.75, 3.05) is 24.9 Å². The number of hydrogen-bond donors (Lipinski definition) is 2. The van der Waals surface area contributed by atoms with Crippen molar-refractivity contribution in [1.82, 2.24) is 0 Å². The Kier molecular flexibility index (Phi) is 6.26. The number of halogens is 2. The monoisotopic (exact) mass is 412 g/mol. The zero-order valence-electron chi connectivity index (χ0n) is 16.2. The number of amides is 2. The highest BCUT2D eigenvalue weighted by Crippen LogP contribution is 2.37. The van der Waals surface area contributed by atoms with Crippen molar-refractivity contribution in [3.8, 4) is 11.5 Å². The second kappa shape index (κ2) is 9.04. The maximum absolute atomic E-state index is 13.9. The Morgan fingerprint density at radius 2 is 1.33 bits per heavy atom. The molecular weight excluding hydrogens is 394 g/mol. The minimum Gasteiger partial charge on any atom is -0.494 e. The van der Waals surface area contributed by atoms with Gasteiger partial charge in [0.25, 0.3) is 11.8 Å². The smallest absolute Gasteiger partial charge is 0.258 e. The number of methoxy groups -OCH3 is 2. The topological polar surface area (TPSA) is 76.7 Å². The summed E-state index contributed by atoms with van der Waals surface area (Å²) in [7, 11) is 2.77. The lowest BCUT2D eigenvalue weighted by molar-refractivity contribution is 0.101. The van der Waals surface area contributed by atoms with Gasteiger partial charge in [0.05, 0.1) is 31.2 Å². The Bertz CT molecular complexity index is 1090. The van der Waals surface area contributed by atoms with E-state index < -0.39 is 17.5 Å². The highest BCUT2D eigenvalue weighted by Gasteiger charge is 2.18. The molecule has 0 aliphatic carbocycles. The molecule has 2 amide bonds. The van der Waals surface area contributed by atoms with Crippen LogP contribution in [0.15, 0.2) is 60.7 Å². The van der Waals surface area contributed by atoms with Crippen molar-refractivity contribution in [3.05, 3.63) is 83.4 Å². The minimum absolute atomic E-state index is 0.181. The fourth-order valence-corrected chi connectivity index (χ4v) is 2.74. The number of rotatable bonds is 6. The van der Waals surface area contributed by atoms with Crippen molar-refractivity contribution in [3.63, 3.8) is 0 Å². The van der Waals surface area contributed by atoms with E-state index in [4.69, 9.17) is 9.47 Å². The summed E-state index contributed by atoms with van der Waals surface area (Å²) in [5.74, 6) is -2.49. The summed E-state index contributed by atoms with van der Waals surface area (Å²) in [6.45, 7) is 0. The number of benzene rings is 3. The Labute approximate surface area is 171 Å². The molecule has 154 valence electrons. The van der Waals surface area contributed by atoms with E-state index in [0.717, 1.165) is 12.1 Å². The third-order valence-electron chi connectivity index (χ3n) is 4.23. The first kappa shape index (κ1) is 20.8. The number of carbonyl (C=O) groups is 2. The molecule has 3 aromatic rings. The van der Waals surface area contributed by atoms with Crippen LogP contribution in [0.1, 0.15) is 20.7 Å². The minimum atomic E-state index is -0.995. The summed E-state index contributed by atoms with van der Waals surface area (Å²) in [5.41, 5.74) is 0.608. The summed E-state index contributed by atoms with van der Waals surface area (Å²) in [6, 6.07) is 14.1. The predicted molar refractivity (Wildman–Crippen MR) is 108 cm³/mol. The zero-order valence-corrected chi connectivity index (χ0v) is 16.2. The third-order valence-corrected chi connectivity index (χ3v) is 4.23. The van der Waals surface area contributed by atoms with Gasteiger partial charge in [0, 0.05) is 23.8 Å². The van der Waals surface area contributed by atoms with Crippen molar-refractivity contribution in [2.24, 2.45) is 0 Å². The standard InChI is InChI=1S/C22H18F2N2O4/c1-29-19-12-18(26-22(28)15-9-8-14(23)10-16(15)24)20(30-2)11-17(19)25-21(27)13-6-4-3-5-7-13/h3-12H,1-2H3,(H,25,27)(H,26,28). The van der Waals surface area contributed by atoms with E-state index in [-0.39, 0.29) is 28.7 Å². The number of carbonyl (C=O) groups excluding carboxylic acids is 2. The van der Waals surface area contributed by atoms with E-state index in [1.165, 1.54) is 26.4 Å². The highest BCUT2D eigenvalue weighted by molar-refractivity contribution is 6.07. The van der Waals surface area contributed by atoms with Gasteiger partial charge in [-0.15, -0.1) is 0 Å². The van der Waals surface area contributed by atoms with Crippen molar-refractivity contribution in [2.45, 2.75) is 0 Å². The van der Waals surface area contributed by atoms with Gasteiger partial charge in [0.1, 0.15) is 23.1 Å². The first-order valence-corrected chi connectivity index (χ1v) is 8.81. The van der Waals surface area contributed by atoms with Gasteiger partial charge in [0.15, 0.2) is 0 Å². The number of nitrogens with one attached hydrogen (secondary N) is 2. The van der Waals surface area contributed by atoms with Crippen LogP contribution >= 0.6 is 0 Å². The van der Waals surface area contributed by atoms with Crippen LogP contribution < -0.4 is 20.1 Å². The van der Waals surface area contributed by atoms with E-state index in [1.54, 1.807) is 30.3 Å². The Hall–Kier alpha value is -3.94. The predicted octanol–water partition coefficient (Wildman–Crippen LogP) is 4.49. The van der Waals surface area contributed by atoms with Crippen LogP contribution in [0.3, 0.4) is 0 Å². The molecule has 0 aliphatic heterocycles. The molecular formula is C22H18F2N2O4. The molecule has 0 bridgehead atoms. The molecule has 6 nitrogen and oxygen atoms in total. The molecule has 0 unspecified atom stereocenters. The molecule has 0 aromatic heterocycles. The van der Waals surface area contributed by atoms with E-state index >= 15 is 0 Å². The summed E-state index contributed by atoms with van der Waals surface area (Å²) < 4.78 is 37.6. The Morgan fingerprint density at radius 3 is 1.87 bits per heavy atom. The average molecular weight is 412 g/mol. The normalized spacial score (nSPS) is 10.3. The largest absolute Gasteiger partial charge is 0.494 e. The lowest BCUT2D eigenvalue weighted by Gasteiger charge is -2.16. The van der Waals surface area contributed by atoms with Crippen LogP contribution in [0.2, 0.25) is 0 Å². The van der Waals surface area contributed by atoms with Gasteiger partial charge in [0.2, 0.25) is 0 Å². The highest BCUT2D eigenvalue weighted by atomic mass is 19.1. The molecule has 0 saturated heterocycles. The molecule has 0 radical (unpaired) electrons. The quantitative estimate of drug-likeness (QED) is 0.626. The van der Waals surface area contributed by atoms with E-state index in [1.807, 2.05) is 0 Å². The molecule has 0 saturated carbocycles. The molecule has 0 spiro atoms. The van der Waals surface area contributed by atoms with E-state index in [9.17, 15) is 18.4 Å². The zero-order chi connectivity index (χ0) is 21.7. The van der Waals surface area contributed by atoms with Crippen molar-refractivity contribution >= 4 is 23.2 Å². The SMILES string of the molecule is COc1cc(NC(=O)c2ccc(F)cc2F)c(OC)cc1NC(=O)c1ccccc1. The number of anilines is 2. The first-order chi connectivity index (χ1) is 14.4. The van der Waals surface area contributed by atoms with Crippen molar-refractivity contribution < 1.29 is 27.8 Å². The molecule has 8 heteroatoms. The van der Waals surface area contributed by atoms with Crippen LogP contribution in [0.5, 0.6) is 11.5 Å². The second-order valence-electron chi connectivity index (χ2n) is 6.15. The molecule has 2 N–H and O–H groups in total. The molecule has 0 fully saturated rings. The summed E-state index contributed by atoms with van der Waals surface area (Å²) in [6.07, 6.45) is 0. The van der Waals surface area contributed by atoms with Crippen molar-refractivity contribution in [1.29, 1.82) is 0 Å². The van der Waals surface area contributed by atoms with Crippen LogP contribution in [0.4, 0.5) is 20.2 Å². The molecule has 3 aromatic carbocycles. The molecule has 0 atom stereocenters.